The Bertz CT molecular complexity index is 402. The van der Waals surface area contributed by atoms with Crippen LogP contribution in [0.1, 0.15) is 23.6 Å². The van der Waals surface area contributed by atoms with E-state index in [-0.39, 0.29) is 0 Å². The van der Waals surface area contributed by atoms with Crippen LogP contribution in [0, 0.1) is 0 Å². The van der Waals surface area contributed by atoms with Gasteiger partial charge in [0.1, 0.15) is 10.4 Å². The highest BCUT2D eigenvalue weighted by molar-refractivity contribution is 7.12. The standard InChI is InChI=1S/C9H8F3NOS/c1-8(2,13-5-14)6-3-4-7(15-6)9(10,11)12/h3-4H,1-2H3. The van der Waals surface area contributed by atoms with Gasteiger partial charge in [0.2, 0.25) is 6.08 Å². The minimum Gasteiger partial charge on any atom is -0.211 e. The Labute approximate surface area is 88.4 Å². The van der Waals surface area contributed by atoms with Crippen molar-refractivity contribution < 1.29 is 18.0 Å². The fraction of sp³-hybridized carbons (Fsp3) is 0.444. The van der Waals surface area contributed by atoms with Gasteiger partial charge in [0.05, 0.1) is 0 Å². The Balaban J connectivity index is 3.09. The largest absolute Gasteiger partial charge is 0.425 e. The molecule has 1 heterocycles. The molecule has 0 aliphatic carbocycles. The molecule has 1 aromatic heterocycles. The van der Waals surface area contributed by atoms with Crippen LogP contribution in [0.15, 0.2) is 17.1 Å². The van der Waals surface area contributed by atoms with E-state index < -0.39 is 16.6 Å². The fourth-order valence-electron chi connectivity index (χ4n) is 0.988. The molecular formula is C9H8F3NOS. The second-order valence-electron chi connectivity index (χ2n) is 3.42. The Morgan fingerprint density at radius 3 is 2.20 bits per heavy atom. The molecule has 0 saturated heterocycles. The predicted octanol–water partition coefficient (Wildman–Crippen LogP) is 3.34. The number of halogens is 3. The van der Waals surface area contributed by atoms with E-state index in [4.69, 9.17) is 0 Å². The third-order valence-corrected chi connectivity index (χ3v) is 3.26. The third kappa shape index (κ3) is 2.67. The van der Waals surface area contributed by atoms with Crippen LogP contribution >= 0.6 is 11.3 Å². The van der Waals surface area contributed by atoms with E-state index in [1.165, 1.54) is 12.1 Å². The number of carbonyl (C=O) groups excluding carboxylic acids is 1. The van der Waals surface area contributed by atoms with E-state index in [0.29, 0.717) is 16.2 Å². The number of hydrogen-bond acceptors (Lipinski definition) is 3. The zero-order valence-corrected chi connectivity index (χ0v) is 8.87. The molecule has 0 unspecified atom stereocenters. The number of thiophene rings is 1. The number of hydrogen-bond donors (Lipinski definition) is 0. The molecule has 1 rings (SSSR count). The van der Waals surface area contributed by atoms with Crippen LogP contribution in [0.3, 0.4) is 0 Å². The topological polar surface area (TPSA) is 29.4 Å². The van der Waals surface area contributed by atoms with Crippen molar-refractivity contribution in [3.8, 4) is 0 Å². The van der Waals surface area contributed by atoms with Crippen molar-refractivity contribution >= 4 is 17.4 Å². The number of rotatable bonds is 2. The minimum atomic E-state index is -4.34. The molecule has 0 aliphatic heterocycles. The van der Waals surface area contributed by atoms with E-state index in [0.717, 1.165) is 6.07 Å². The van der Waals surface area contributed by atoms with Crippen molar-refractivity contribution in [1.82, 2.24) is 0 Å². The Morgan fingerprint density at radius 2 is 1.80 bits per heavy atom. The summed E-state index contributed by atoms with van der Waals surface area (Å²) < 4.78 is 36.8. The van der Waals surface area contributed by atoms with Crippen LogP contribution in [-0.4, -0.2) is 6.08 Å². The van der Waals surface area contributed by atoms with Gasteiger partial charge in [-0.2, -0.15) is 18.2 Å². The summed E-state index contributed by atoms with van der Waals surface area (Å²) in [4.78, 5) is 13.2. The van der Waals surface area contributed by atoms with Gasteiger partial charge in [0, 0.05) is 4.88 Å². The van der Waals surface area contributed by atoms with E-state index in [1.807, 2.05) is 0 Å². The van der Waals surface area contributed by atoms with Crippen LogP contribution in [-0.2, 0) is 16.5 Å². The monoisotopic (exact) mass is 235 g/mol. The second-order valence-corrected chi connectivity index (χ2v) is 4.51. The zero-order chi connectivity index (χ0) is 11.7. The summed E-state index contributed by atoms with van der Waals surface area (Å²) in [5.74, 6) is 0. The summed E-state index contributed by atoms with van der Waals surface area (Å²) in [5.41, 5.74) is -0.948. The Morgan fingerprint density at radius 1 is 1.27 bits per heavy atom. The van der Waals surface area contributed by atoms with Crippen LogP contribution in [0.2, 0.25) is 0 Å². The van der Waals surface area contributed by atoms with Gasteiger partial charge in [-0.05, 0) is 26.0 Å². The summed E-state index contributed by atoms with van der Waals surface area (Å²) in [6, 6.07) is 2.32. The van der Waals surface area contributed by atoms with E-state index in [9.17, 15) is 18.0 Å². The average Bonchev–Trinajstić information content (AvgIpc) is 2.50. The maximum Gasteiger partial charge on any atom is 0.425 e. The van der Waals surface area contributed by atoms with Gasteiger partial charge in [-0.25, -0.2) is 4.79 Å². The lowest BCUT2D eigenvalue weighted by molar-refractivity contribution is -0.134. The van der Waals surface area contributed by atoms with E-state index >= 15 is 0 Å². The smallest absolute Gasteiger partial charge is 0.211 e. The highest BCUT2D eigenvalue weighted by atomic mass is 32.1. The molecule has 82 valence electrons. The molecular weight excluding hydrogens is 227 g/mol. The summed E-state index contributed by atoms with van der Waals surface area (Å²) in [6.45, 7) is 3.12. The molecule has 0 aliphatic rings. The Hall–Kier alpha value is -1.13. The number of alkyl halides is 3. The second kappa shape index (κ2) is 3.79. The molecule has 0 saturated carbocycles. The number of aliphatic imine (C=N–C) groups is 1. The normalized spacial score (nSPS) is 12.3. The third-order valence-electron chi connectivity index (χ3n) is 1.81. The number of isocyanates is 1. The van der Waals surface area contributed by atoms with E-state index in [2.05, 4.69) is 4.99 Å². The lowest BCUT2D eigenvalue weighted by Gasteiger charge is -2.14. The molecule has 0 amide bonds. The van der Waals surface area contributed by atoms with Gasteiger partial charge in [0.15, 0.2) is 0 Å². The van der Waals surface area contributed by atoms with Crippen molar-refractivity contribution in [2.75, 3.05) is 0 Å². The molecule has 0 N–H and O–H groups in total. The molecule has 0 spiro atoms. The van der Waals surface area contributed by atoms with Crippen molar-refractivity contribution in [3.63, 3.8) is 0 Å². The molecule has 0 fully saturated rings. The highest BCUT2D eigenvalue weighted by Crippen LogP contribution is 2.38. The summed E-state index contributed by atoms with van der Waals surface area (Å²) in [7, 11) is 0. The maximum atomic E-state index is 12.3. The quantitative estimate of drug-likeness (QED) is 0.571. The van der Waals surface area contributed by atoms with Gasteiger partial charge in [-0.15, -0.1) is 11.3 Å². The Kier molecular flexibility index (Phi) is 3.02. The number of nitrogens with zero attached hydrogens (tertiary/aromatic N) is 1. The molecule has 0 radical (unpaired) electrons. The summed E-state index contributed by atoms with van der Waals surface area (Å²) in [5, 5.41) is 0. The van der Waals surface area contributed by atoms with Crippen LogP contribution in [0.25, 0.3) is 0 Å². The first-order valence-electron chi connectivity index (χ1n) is 4.04. The maximum absolute atomic E-state index is 12.3. The summed E-state index contributed by atoms with van der Waals surface area (Å²) in [6.07, 6.45) is -2.99. The van der Waals surface area contributed by atoms with Crippen LogP contribution in [0.5, 0.6) is 0 Å². The first-order valence-corrected chi connectivity index (χ1v) is 4.85. The van der Waals surface area contributed by atoms with Gasteiger partial charge in [-0.3, -0.25) is 0 Å². The molecule has 15 heavy (non-hydrogen) atoms. The van der Waals surface area contributed by atoms with Gasteiger partial charge in [0.25, 0.3) is 0 Å². The minimum absolute atomic E-state index is 0.387. The van der Waals surface area contributed by atoms with E-state index in [1.54, 1.807) is 13.8 Å². The van der Waals surface area contributed by atoms with Crippen molar-refractivity contribution in [2.24, 2.45) is 4.99 Å². The van der Waals surface area contributed by atoms with Crippen LogP contribution < -0.4 is 0 Å². The van der Waals surface area contributed by atoms with Gasteiger partial charge in [-0.1, -0.05) is 0 Å². The van der Waals surface area contributed by atoms with Gasteiger partial charge >= 0.3 is 6.18 Å². The van der Waals surface area contributed by atoms with Crippen molar-refractivity contribution in [1.29, 1.82) is 0 Å². The van der Waals surface area contributed by atoms with Gasteiger partial charge < -0.3 is 0 Å². The van der Waals surface area contributed by atoms with Crippen molar-refractivity contribution in [2.45, 2.75) is 25.6 Å². The zero-order valence-electron chi connectivity index (χ0n) is 8.05. The molecule has 2 nitrogen and oxygen atoms in total. The predicted molar refractivity (Wildman–Crippen MR) is 50.5 cm³/mol. The first-order chi connectivity index (χ1) is 6.77. The van der Waals surface area contributed by atoms with Crippen LogP contribution in [0.4, 0.5) is 13.2 Å². The lowest BCUT2D eigenvalue weighted by Crippen LogP contribution is -2.11. The SMILES string of the molecule is CC(C)(N=C=O)c1ccc(C(F)(F)F)s1. The highest BCUT2D eigenvalue weighted by Gasteiger charge is 2.34. The molecule has 0 atom stereocenters. The fourth-order valence-corrected chi connectivity index (χ4v) is 1.91. The average molecular weight is 235 g/mol. The lowest BCUT2D eigenvalue weighted by atomic mass is 10.1. The first kappa shape index (κ1) is 11.9. The molecule has 6 heteroatoms. The van der Waals surface area contributed by atoms with Crippen molar-refractivity contribution in [3.05, 3.63) is 21.9 Å². The summed E-state index contributed by atoms with van der Waals surface area (Å²) >= 11 is 0.589. The molecule has 0 aromatic carbocycles. The molecule has 0 bridgehead atoms. The molecule has 1 aromatic rings.